The summed E-state index contributed by atoms with van der Waals surface area (Å²) in [6, 6.07) is 4.71. The highest BCUT2D eigenvalue weighted by Gasteiger charge is 2.33. The fraction of sp³-hybridized carbons (Fsp3) is 0.412. The molecular weight excluding hydrogens is 413 g/mol. The summed E-state index contributed by atoms with van der Waals surface area (Å²) < 4.78 is 32.3. The zero-order valence-corrected chi connectivity index (χ0v) is 17.2. The van der Waals surface area contributed by atoms with E-state index < -0.39 is 10.0 Å². The Bertz CT molecular complexity index is 955. The lowest BCUT2D eigenvalue weighted by molar-refractivity contribution is 0.0764. The zero-order valence-electron chi connectivity index (χ0n) is 14.9. The third kappa shape index (κ3) is 3.99. The van der Waals surface area contributed by atoms with E-state index in [1.54, 1.807) is 30.9 Å². The van der Waals surface area contributed by atoms with Crippen molar-refractivity contribution in [1.82, 2.24) is 14.4 Å². The molecule has 7 nitrogen and oxygen atoms in total. The van der Waals surface area contributed by atoms with Gasteiger partial charge in [-0.2, -0.15) is 4.31 Å². The van der Waals surface area contributed by atoms with Gasteiger partial charge in [0.05, 0.1) is 10.6 Å². The highest BCUT2D eigenvalue weighted by atomic mass is 35.5. The van der Waals surface area contributed by atoms with E-state index in [1.165, 1.54) is 10.4 Å². The fourth-order valence-corrected chi connectivity index (χ4v) is 5.27. The number of amides is 1. The summed E-state index contributed by atoms with van der Waals surface area (Å²) in [6.07, 6.45) is 0.506. The van der Waals surface area contributed by atoms with E-state index in [-0.39, 0.29) is 29.7 Å². The van der Waals surface area contributed by atoms with Gasteiger partial charge in [0.1, 0.15) is 10.6 Å². The summed E-state index contributed by atoms with van der Waals surface area (Å²) in [6.45, 7) is 4.33. The normalized spacial score (nSPS) is 16.4. The lowest BCUT2D eigenvalue weighted by Gasteiger charge is -2.22. The van der Waals surface area contributed by atoms with Crippen LogP contribution in [0.3, 0.4) is 0 Å². The molecule has 0 bridgehead atoms. The molecule has 0 N–H and O–H groups in total. The number of benzene rings is 1. The topological polar surface area (TPSA) is 83.7 Å². The number of rotatable bonds is 3. The third-order valence-corrected chi connectivity index (χ3v) is 7.18. The molecule has 146 valence electrons. The van der Waals surface area contributed by atoms with Gasteiger partial charge in [0, 0.05) is 31.2 Å². The van der Waals surface area contributed by atoms with Crippen LogP contribution in [0.5, 0.6) is 0 Å². The van der Waals surface area contributed by atoms with Crippen LogP contribution in [-0.4, -0.2) is 54.9 Å². The van der Waals surface area contributed by atoms with Crippen molar-refractivity contribution in [1.29, 1.82) is 0 Å². The maximum absolute atomic E-state index is 13.0. The predicted molar refractivity (Wildman–Crippen MR) is 102 cm³/mol. The summed E-state index contributed by atoms with van der Waals surface area (Å²) in [5.41, 5.74) is 0.640. The van der Waals surface area contributed by atoms with Crippen LogP contribution in [0.1, 0.15) is 28.2 Å². The van der Waals surface area contributed by atoms with Gasteiger partial charge in [0.15, 0.2) is 5.76 Å². The molecule has 1 amide bonds. The van der Waals surface area contributed by atoms with Gasteiger partial charge in [0.25, 0.3) is 5.91 Å². The SMILES string of the molecule is Cc1noc(C)c1S(=O)(=O)N1CCCN(C(=O)c2cc(Cl)ccc2Cl)CC1. The first kappa shape index (κ1) is 20.1. The number of carbonyl (C=O) groups is 1. The molecule has 1 aliphatic rings. The Morgan fingerprint density at radius 1 is 1.15 bits per heavy atom. The van der Waals surface area contributed by atoms with E-state index in [9.17, 15) is 13.2 Å². The van der Waals surface area contributed by atoms with Crippen LogP contribution >= 0.6 is 23.2 Å². The minimum atomic E-state index is -3.74. The molecule has 0 unspecified atom stereocenters. The highest BCUT2D eigenvalue weighted by Crippen LogP contribution is 2.26. The van der Waals surface area contributed by atoms with Gasteiger partial charge in [-0.25, -0.2) is 8.42 Å². The van der Waals surface area contributed by atoms with Crippen molar-refractivity contribution in [2.45, 2.75) is 25.2 Å². The van der Waals surface area contributed by atoms with E-state index in [2.05, 4.69) is 5.16 Å². The lowest BCUT2D eigenvalue weighted by atomic mass is 10.2. The van der Waals surface area contributed by atoms with Crippen LogP contribution in [0.2, 0.25) is 10.0 Å². The van der Waals surface area contributed by atoms with Crippen molar-refractivity contribution in [2.24, 2.45) is 0 Å². The second kappa shape index (κ2) is 7.79. The summed E-state index contributed by atoms with van der Waals surface area (Å²) in [4.78, 5) is 14.5. The van der Waals surface area contributed by atoms with Crippen molar-refractivity contribution in [2.75, 3.05) is 26.2 Å². The molecule has 2 aromatic rings. The number of hydrogen-bond acceptors (Lipinski definition) is 5. The summed E-state index contributed by atoms with van der Waals surface area (Å²) in [7, 11) is -3.74. The van der Waals surface area contributed by atoms with Crippen molar-refractivity contribution < 1.29 is 17.7 Å². The van der Waals surface area contributed by atoms with E-state index in [0.29, 0.717) is 40.8 Å². The van der Waals surface area contributed by atoms with E-state index >= 15 is 0 Å². The number of aryl methyl sites for hydroxylation is 2. The number of hydrogen-bond donors (Lipinski definition) is 0. The predicted octanol–water partition coefficient (Wildman–Crippen LogP) is 3.14. The summed E-state index contributed by atoms with van der Waals surface area (Å²) in [5.74, 6) is -0.00512. The van der Waals surface area contributed by atoms with Crippen LogP contribution < -0.4 is 0 Å². The van der Waals surface area contributed by atoms with Crippen molar-refractivity contribution >= 4 is 39.1 Å². The highest BCUT2D eigenvalue weighted by molar-refractivity contribution is 7.89. The second-order valence-electron chi connectivity index (χ2n) is 6.33. The van der Waals surface area contributed by atoms with Crippen molar-refractivity contribution in [3.63, 3.8) is 0 Å². The Morgan fingerprint density at radius 3 is 2.56 bits per heavy atom. The Hall–Kier alpha value is -1.61. The molecule has 27 heavy (non-hydrogen) atoms. The van der Waals surface area contributed by atoms with Crippen LogP contribution in [0, 0.1) is 13.8 Å². The van der Waals surface area contributed by atoms with Crippen LogP contribution in [0.15, 0.2) is 27.6 Å². The Morgan fingerprint density at radius 2 is 1.89 bits per heavy atom. The maximum Gasteiger partial charge on any atom is 0.255 e. The standard InChI is InChI=1S/C17H19Cl2N3O4S/c1-11-16(12(2)26-20-11)27(24,25)22-7-3-6-21(8-9-22)17(23)14-10-13(18)4-5-15(14)19/h4-5,10H,3,6-9H2,1-2H3. The Labute approximate surface area is 167 Å². The molecule has 1 aromatic heterocycles. The molecule has 1 aromatic carbocycles. The molecule has 1 aliphatic heterocycles. The minimum Gasteiger partial charge on any atom is -0.360 e. The van der Waals surface area contributed by atoms with Gasteiger partial charge in [-0.1, -0.05) is 28.4 Å². The van der Waals surface area contributed by atoms with Crippen LogP contribution in [0.25, 0.3) is 0 Å². The molecule has 1 fully saturated rings. The fourth-order valence-electron chi connectivity index (χ4n) is 3.14. The molecule has 0 atom stereocenters. The first-order chi connectivity index (χ1) is 12.7. The van der Waals surface area contributed by atoms with E-state index in [1.807, 2.05) is 0 Å². The molecule has 0 aliphatic carbocycles. The monoisotopic (exact) mass is 431 g/mol. The number of sulfonamides is 1. The molecule has 0 spiro atoms. The van der Waals surface area contributed by atoms with E-state index in [0.717, 1.165) is 0 Å². The summed E-state index contributed by atoms with van der Waals surface area (Å²) in [5, 5.41) is 4.46. The lowest BCUT2D eigenvalue weighted by Crippen LogP contribution is -2.37. The quantitative estimate of drug-likeness (QED) is 0.744. The van der Waals surface area contributed by atoms with Crippen LogP contribution in [0.4, 0.5) is 0 Å². The first-order valence-corrected chi connectivity index (χ1v) is 10.6. The first-order valence-electron chi connectivity index (χ1n) is 8.39. The maximum atomic E-state index is 13.0. The van der Waals surface area contributed by atoms with E-state index in [4.69, 9.17) is 27.7 Å². The number of nitrogens with zero attached hydrogens (tertiary/aromatic N) is 3. The third-order valence-electron chi connectivity index (χ3n) is 4.47. The second-order valence-corrected chi connectivity index (χ2v) is 9.05. The van der Waals surface area contributed by atoms with Gasteiger partial charge in [-0.15, -0.1) is 0 Å². The molecule has 2 heterocycles. The molecular formula is C17H19Cl2N3O4S. The number of aromatic nitrogens is 1. The van der Waals surface area contributed by atoms with Crippen LogP contribution in [-0.2, 0) is 10.0 Å². The molecule has 0 saturated carbocycles. The number of carbonyl (C=O) groups excluding carboxylic acids is 1. The Balaban J connectivity index is 1.80. The van der Waals surface area contributed by atoms with Gasteiger partial charge in [0.2, 0.25) is 10.0 Å². The summed E-state index contributed by atoms with van der Waals surface area (Å²) >= 11 is 12.1. The molecule has 10 heteroatoms. The molecule has 3 rings (SSSR count). The molecule has 1 saturated heterocycles. The minimum absolute atomic E-state index is 0.0974. The van der Waals surface area contributed by atoms with Gasteiger partial charge in [-0.05, 0) is 38.5 Å². The zero-order chi connectivity index (χ0) is 19.8. The van der Waals surface area contributed by atoms with Crippen molar-refractivity contribution in [3.8, 4) is 0 Å². The Kier molecular flexibility index (Phi) is 5.81. The average Bonchev–Trinajstić information content (AvgIpc) is 2.83. The number of halogens is 2. The van der Waals surface area contributed by atoms with Crippen molar-refractivity contribution in [3.05, 3.63) is 45.3 Å². The largest absolute Gasteiger partial charge is 0.360 e. The van der Waals surface area contributed by atoms with Gasteiger partial charge >= 0.3 is 0 Å². The average molecular weight is 432 g/mol. The van der Waals surface area contributed by atoms with Gasteiger partial charge in [-0.3, -0.25) is 4.79 Å². The smallest absolute Gasteiger partial charge is 0.255 e. The van der Waals surface area contributed by atoms with Gasteiger partial charge < -0.3 is 9.42 Å². The molecule has 0 radical (unpaired) electrons.